The maximum absolute atomic E-state index is 12.0. The molecule has 0 aromatic carbocycles. The largest absolute Gasteiger partial charge is 1.00 e. The Kier molecular flexibility index (Phi) is 23.0. The molecule has 1 aromatic rings. The minimum Gasteiger partial charge on any atom is -1.00 e. The molecule has 2 heterocycles. The second-order valence-corrected chi connectivity index (χ2v) is 11.2. The first-order chi connectivity index (χ1) is 18.7. The zero-order chi connectivity index (χ0) is 27.1. The highest BCUT2D eigenvalue weighted by atomic mass is 127. The lowest BCUT2D eigenvalue weighted by molar-refractivity contribution is -0.679. The highest BCUT2D eigenvalue weighted by molar-refractivity contribution is 5.67. The van der Waals surface area contributed by atoms with Gasteiger partial charge in [-0.05, 0) is 12.8 Å². The molecular weight excluding hydrogens is 603 g/mol. The van der Waals surface area contributed by atoms with Gasteiger partial charge in [-0.2, -0.15) is 0 Å². The van der Waals surface area contributed by atoms with Crippen molar-refractivity contribution in [1.29, 1.82) is 0 Å². The van der Waals surface area contributed by atoms with Crippen molar-refractivity contribution in [2.24, 2.45) is 13.0 Å². The summed E-state index contributed by atoms with van der Waals surface area (Å²) in [5.41, 5.74) is 1.02. The summed E-state index contributed by atoms with van der Waals surface area (Å²) >= 11 is 0. The maximum atomic E-state index is 12.0. The molecule has 1 fully saturated rings. The molecule has 0 aliphatic carbocycles. The molecule has 0 saturated carbocycles. The number of carbonyl (C=O) groups excluding carboxylic acids is 1. The molecule has 1 aliphatic heterocycles. The first-order valence-electron chi connectivity index (χ1n) is 15.7. The molecule has 1 N–H and O–H groups in total. The number of hydrogen-bond acceptors (Lipinski definition) is 4. The summed E-state index contributed by atoms with van der Waals surface area (Å²) in [5.74, 6) is 0.248. The van der Waals surface area contributed by atoms with Crippen LogP contribution in [0.25, 0.3) is 0 Å². The number of nitrogens with zero attached hydrogens (tertiary/aromatic N) is 1. The Labute approximate surface area is 256 Å². The number of carbonyl (C=O) groups is 1. The second-order valence-electron chi connectivity index (χ2n) is 11.2. The van der Waals surface area contributed by atoms with Crippen molar-refractivity contribution in [2.45, 2.75) is 129 Å². The molecule has 0 bridgehead atoms. The topological polar surface area (TPSA) is 60.7 Å². The Morgan fingerprint density at radius 1 is 0.897 bits per heavy atom. The zero-order valence-corrected chi connectivity index (χ0v) is 27.1. The lowest BCUT2D eigenvalue weighted by Crippen LogP contribution is -3.00. The number of pyridine rings is 1. The summed E-state index contributed by atoms with van der Waals surface area (Å²) in [5, 5.41) is 2.82. The van der Waals surface area contributed by atoms with E-state index in [1.165, 1.54) is 96.3 Å². The minimum atomic E-state index is -0.378. The van der Waals surface area contributed by atoms with Crippen LogP contribution in [0, 0.1) is 5.92 Å². The van der Waals surface area contributed by atoms with E-state index in [-0.39, 0.29) is 42.1 Å². The Hall–Kier alpha value is -0.930. The van der Waals surface area contributed by atoms with E-state index in [2.05, 4.69) is 12.2 Å². The quantitative estimate of drug-likeness (QED) is 0.107. The molecule has 0 spiro atoms. The van der Waals surface area contributed by atoms with E-state index < -0.39 is 0 Å². The minimum absolute atomic E-state index is 0. The number of unbranched alkanes of at least 4 members (excludes halogenated alkanes) is 15. The van der Waals surface area contributed by atoms with Crippen LogP contribution in [0.5, 0.6) is 0 Å². The van der Waals surface area contributed by atoms with Crippen LogP contribution in [0.3, 0.4) is 0 Å². The number of halogens is 1. The highest BCUT2D eigenvalue weighted by Gasteiger charge is 2.26. The molecule has 6 nitrogen and oxygen atoms in total. The van der Waals surface area contributed by atoms with Gasteiger partial charge in [0.05, 0.1) is 25.9 Å². The number of rotatable bonds is 23. The van der Waals surface area contributed by atoms with Gasteiger partial charge in [-0.15, -0.1) is 0 Å². The molecule has 2 atom stereocenters. The number of nitrogens with one attached hydrogen (secondary N) is 1. The van der Waals surface area contributed by atoms with Crippen LogP contribution in [0.1, 0.15) is 122 Å². The fourth-order valence-electron chi connectivity index (χ4n) is 5.13. The van der Waals surface area contributed by atoms with Crippen LogP contribution in [0.15, 0.2) is 24.4 Å². The lowest BCUT2D eigenvalue weighted by atomic mass is 10.0. The summed E-state index contributed by atoms with van der Waals surface area (Å²) in [6.45, 7) is 5.23. The van der Waals surface area contributed by atoms with Gasteiger partial charge in [0, 0.05) is 24.7 Å². The van der Waals surface area contributed by atoms with Gasteiger partial charge in [0.2, 0.25) is 5.69 Å². The fourth-order valence-corrected chi connectivity index (χ4v) is 5.13. The number of alkyl carbamates (subject to hydrolysis) is 1. The Morgan fingerprint density at radius 3 is 2.08 bits per heavy atom. The van der Waals surface area contributed by atoms with Crippen LogP contribution in [-0.2, 0) is 27.8 Å². The third-order valence-corrected chi connectivity index (χ3v) is 7.64. The van der Waals surface area contributed by atoms with E-state index in [0.29, 0.717) is 26.4 Å². The summed E-state index contributed by atoms with van der Waals surface area (Å²) in [6.07, 6.45) is 24.7. The van der Waals surface area contributed by atoms with Crippen LogP contribution in [0.2, 0.25) is 0 Å². The molecule has 2 rings (SSSR count). The van der Waals surface area contributed by atoms with E-state index >= 15 is 0 Å². The first kappa shape index (κ1) is 36.1. The average Bonchev–Trinajstić information content (AvgIpc) is 3.38. The van der Waals surface area contributed by atoms with Crippen LogP contribution >= 0.6 is 0 Å². The number of aromatic nitrogens is 1. The Bertz CT molecular complexity index is 721. The standard InChI is InChI=1S/C32H56N2O4.HI/c1-3-4-5-6-7-8-9-10-11-12-13-14-15-16-17-20-23-36-28-31-24-29(26-37-31)27-38-32(35)33-25-30-21-18-19-22-34(30)2;/h18-19,21-22,29,31H,3-17,20,23-28H2,1-2H3;1H/t29-,31+;/m1./s1. The van der Waals surface area contributed by atoms with Crippen molar-refractivity contribution in [3.05, 3.63) is 30.1 Å². The number of amides is 1. The monoisotopic (exact) mass is 660 g/mol. The van der Waals surface area contributed by atoms with Gasteiger partial charge in [0.25, 0.3) is 0 Å². The van der Waals surface area contributed by atoms with E-state index in [9.17, 15) is 4.79 Å². The molecule has 1 saturated heterocycles. The van der Waals surface area contributed by atoms with Gasteiger partial charge in [0.1, 0.15) is 13.6 Å². The third-order valence-electron chi connectivity index (χ3n) is 7.64. The molecule has 1 amide bonds. The Balaban J connectivity index is 0.00000760. The molecule has 0 radical (unpaired) electrons. The van der Waals surface area contributed by atoms with Crippen molar-refractivity contribution < 1.29 is 47.5 Å². The van der Waals surface area contributed by atoms with Crippen LogP contribution < -0.4 is 33.9 Å². The number of aryl methyl sites for hydroxylation is 1. The second kappa shape index (κ2) is 24.8. The lowest BCUT2D eigenvalue weighted by Gasteiger charge is -2.11. The van der Waals surface area contributed by atoms with Crippen molar-refractivity contribution >= 4 is 6.09 Å². The van der Waals surface area contributed by atoms with Gasteiger partial charge in [-0.3, -0.25) is 0 Å². The maximum Gasteiger partial charge on any atom is 0.407 e. The third kappa shape index (κ3) is 18.9. The summed E-state index contributed by atoms with van der Waals surface area (Å²) in [7, 11) is 1.96. The number of ether oxygens (including phenoxy) is 3. The summed E-state index contributed by atoms with van der Waals surface area (Å²) < 4.78 is 19.1. The molecular formula is C32H57IN2O4. The molecule has 7 heteroatoms. The van der Waals surface area contributed by atoms with Gasteiger partial charge < -0.3 is 43.5 Å². The van der Waals surface area contributed by atoms with Crippen molar-refractivity contribution in [3.8, 4) is 0 Å². The molecule has 1 aliphatic rings. The van der Waals surface area contributed by atoms with Gasteiger partial charge in [-0.25, -0.2) is 9.36 Å². The summed E-state index contributed by atoms with van der Waals surface area (Å²) in [6, 6.07) is 5.90. The van der Waals surface area contributed by atoms with E-state index in [1.807, 2.05) is 36.0 Å². The molecule has 0 unspecified atom stereocenters. The smallest absolute Gasteiger partial charge is 0.407 e. The normalized spacial score (nSPS) is 16.7. The van der Waals surface area contributed by atoms with E-state index in [0.717, 1.165) is 25.1 Å². The van der Waals surface area contributed by atoms with E-state index in [1.54, 1.807) is 0 Å². The number of hydrogen-bond donors (Lipinski definition) is 1. The molecule has 226 valence electrons. The van der Waals surface area contributed by atoms with E-state index in [4.69, 9.17) is 14.2 Å². The van der Waals surface area contributed by atoms with Crippen molar-refractivity contribution in [2.75, 3.05) is 26.4 Å². The van der Waals surface area contributed by atoms with Gasteiger partial charge in [-0.1, -0.05) is 109 Å². The SMILES string of the molecule is CCCCCCCCCCCCCCCCCCOC[C@@H]1C[C@@H](COC(=O)NCc2cccc[n+]2C)CO1.[I-]. The Morgan fingerprint density at radius 2 is 1.49 bits per heavy atom. The van der Waals surface area contributed by atoms with Crippen LogP contribution in [0.4, 0.5) is 4.79 Å². The predicted molar refractivity (Wildman–Crippen MR) is 154 cm³/mol. The van der Waals surface area contributed by atoms with Crippen LogP contribution in [-0.4, -0.2) is 38.6 Å². The fraction of sp³-hybridized carbons (Fsp3) is 0.812. The zero-order valence-electron chi connectivity index (χ0n) is 25.0. The molecule has 39 heavy (non-hydrogen) atoms. The highest BCUT2D eigenvalue weighted by Crippen LogP contribution is 2.20. The van der Waals surface area contributed by atoms with Crippen molar-refractivity contribution in [1.82, 2.24) is 5.32 Å². The summed E-state index contributed by atoms with van der Waals surface area (Å²) in [4.78, 5) is 12.0. The van der Waals surface area contributed by atoms with Gasteiger partial charge >= 0.3 is 6.09 Å². The average molecular weight is 661 g/mol. The predicted octanol–water partition coefficient (Wildman–Crippen LogP) is 4.42. The van der Waals surface area contributed by atoms with Gasteiger partial charge in [0.15, 0.2) is 6.20 Å². The van der Waals surface area contributed by atoms with Crippen molar-refractivity contribution in [3.63, 3.8) is 0 Å². The molecule has 1 aromatic heterocycles. The first-order valence-corrected chi connectivity index (χ1v) is 15.7.